The highest BCUT2D eigenvalue weighted by Gasteiger charge is 2.58. The third-order valence-corrected chi connectivity index (χ3v) is 8.75. The maximum Gasteiger partial charge on any atom is 0.255 e. The first-order chi connectivity index (χ1) is 18.6. The standard InChI is InChI=1S/C30H24ClFN2O4S/c1-20-15-17-22(18-16-20)39(37,38)33-28(27(35)23-11-5-7-13-25(23)32)30(31)24-12-6-8-14-26(24)34(29(30)36)19-21-9-3-2-4-10-21/h2-18,28,33H,19H2,1H3/t28-,30-/m1/s1. The molecule has 4 aromatic carbocycles. The molecule has 1 aliphatic heterocycles. The summed E-state index contributed by atoms with van der Waals surface area (Å²) in [5.41, 5.74) is 1.93. The number of carbonyl (C=O) groups excluding carboxylic acids is 2. The Labute approximate surface area is 231 Å². The van der Waals surface area contributed by atoms with Gasteiger partial charge in [0.15, 0.2) is 10.7 Å². The largest absolute Gasteiger partial charge is 0.306 e. The molecule has 0 aromatic heterocycles. The Morgan fingerprint density at radius 2 is 1.54 bits per heavy atom. The summed E-state index contributed by atoms with van der Waals surface area (Å²) < 4.78 is 44.3. The quantitative estimate of drug-likeness (QED) is 0.232. The number of halogens is 2. The Balaban J connectivity index is 1.65. The first-order valence-electron chi connectivity index (χ1n) is 12.1. The minimum atomic E-state index is -4.37. The van der Waals surface area contributed by atoms with Crippen LogP contribution in [0.3, 0.4) is 0 Å². The van der Waals surface area contributed by atoms with Crippen LogP contribution in [0.15, 0.2) is 108 Å². The number of aryl methyl sites for hydroxylation is 1. The molecule has 5 rings (SSSR count). The Hall–Kier alpha value is -3.85. The molecule has 0 aliphatic carbocycles. The zero-order chi connectivity index (χ0) is 27.8. The number of rotatable bonds is 8. The molecular weight excluding hydrogens is 539 g/mol. The second kappa shape index (κ2) is 10.4. The molecule has 9 heteroatoms. The van der Waals surface area contributed by atoms with Crippen LogP contribution < -0.4 is 9.62 Å². The highest BCUT2D eigenvalue weighted by atomic mass is 35.5. The van der Waals surface area contributed by atoms with E-state index in [9.17, 15) is 22.4 Å². The van der Waals surface area contributed by atoms with Crippen molar-refractivity contribution in [1.29, 1.82) is 0 Å². The highest BCUT2D eigenvalue weighted by molar-refractivity contribution is 7.89. The molecule has 1 amide bonds. The molecule has 0 unspecified atom stereocenters. The molecule has 39 heavy (non-hydrogen) atoms. The molecule has 198 valence electrons. The van der Waals surface area contributed by atoms with E-state index in [0.717, 1.165) is 17.2 Å². The monoisotopic (exact) mass is 562 g/mol. The van der Waals surface area contributed by atoms with E-state index in [2.05, 4.69) is 4.72 Å². The fourth-order valence-electron chi connectivity index (χ4n) is 4.71. The van der Waals surface area contributed by atoms with Crippen molar-refractivity contribution in [3.8, 4) is 0 Å². The molecule has 1 aliphatic rings. The van der Waals surface area contributed by atoms with E-state index >= 15 is 0 Å². The summed E-state index contributed by atoms with van der Waals surface area (Å²) >= 11 is 7.13. The number of fused-ring (bicyclic) bond motifs is 1. The van der Waals surface area contributed by atoms with Crippen molar-refractivity contribution < 1.29 is 22.4 Å². The molecule has 6 nitrogen and oxygen atoms in total. The van der Waals surface area contributed by atoms with Gasteiger partial charge < -0.3 is 4.90 Å². The predicted octanol–water partition coefficient (Wildman–Crippen LogP) is 5.35. The zero-order valence-corrected chi connectivity index (χ0v) is 22.4. The Morgan fingerprint density at radius 3 is 2.23 bits per heavy atom. The molecule has 0 bridgehead atoms. The number of carbonyl (C=O) groups is 2. The van der Waals surface area contributed by atoms with Crippen molar-refractivity contribution in [3.63, 3.8) is 0 Å². The number of nitrogens with zero attached hydrogens (tertiary/aromatic N) is 1. The number of alkyl halides is 1. The SMILES string of the molecule is Cc1ccc(S(=O)(=O)N[C@H](C(=O)c2ccccc2F)[C@@]2(Cl)C(=O)N(Cc3ccccc3)c3ccccc32)cc1. The lowest BCUT2D eigenvalue weighted by Gasteiger charge is -2.31. The average molecular weight is 563 g/mol. The van der Waals surface area contributed by atoms with Crippen molar-refractivity contribution in [2.75, 3.05) is 4.90 Å². The number of sulfonamides is 1. The van der Waals surface area contributed by atoms with Gasteiger partial charge in [-0.1, -0.05) is 78.4 Å². The van der Waals surface area contributed by atoms with Crippen molar-refractivity contribution in [2.24, 2.45) is 0 Å². The second-order valence-corrected chi connectivity index (χ2v) is 11.6. The molecule has 0 saturated carbocycles. The van der Waals surface area contributed by atoms with Crippen LogP contribution in [0.4, 0.5) is 10.1 Å². The van der Waals surface area contributed by atoms with Gasteiger partial charge in [-0.2, -0.15) is 4.72 Å². The maximum atomic E-state index is 14.8. The molecule has 0 fully saturated rings. The van der Waals surface area contributed by atoms with E-state index in [1.165, 1.54) is 35.2 Å². The number of ketones is 1. The van der Waals surface area contributed by atoms with E-state index in [1.54, 1.807) is 43.3 Å². The number of hydrogen-bond acceptors (Lipinski definition) is 4. The van der Waals surface area contributed by atoms with Gasteiger partial charge >= 0.3 is 0 Å². The van der Waals surface area contributed by atoms with Gasteiger partial charge in [-0.05, 0) is 42.8 Å². The van der Waals surface area contributed by atoms with Crippen LogP contribution in [0.25, 0.3) is 0 Å². The first kappa shape index (κ1) is 26.7. The summed E-state index contributed by atoms with van der Waals surface area (Å²) in [5, 5.41) is 0. The fourth-order valence-corrected chi connectivity index (χ4v) is 6.42. The number of hydrogen-bond donors (Lipinski definition) is 1. The van der Waals surface area contributed by atoms with Crippen LogP contribution in [-0.4, -0.2) is 26.2 Å². The van der Waals surface area contributed by atoms with E-state index in [-0.39, 0.29) is 22.6 Å². The van der Waals surface area contributed by atoms with Gasteiger partial charge in [0.2, 0.25) is 10.0 Å². The summed E-state index contributed by atoms with van der Waals surface area (Å²) in [7, 11) is -4.37. The van der Waals surface area contributed by atoms with E-state index < -0.39 is 38.4 Å². The Morgan fingerprint density at radius 1 is 0.923 bits per heavy atom. The van der Waals surface area contributed by atoms with Crippen LogP contribution in [0.5, 0.6) is 0 Å². The van der Waals surface area contributed by atoms with Gasteiger partial charge in [-0.3, -0.25) is 9.59 Å². The number of anilines is 1. The number of amides is 1. The van der Waals surface area contributed by atoms with E-state index in [1.807, 2.05) is 30.3 Å². The van der Waals surface area contributed by atoms with Gasteiger partial charge in [0.05, 0.1) is 17.0 Å². The smallest absolute Gasteiger partial charge is 0.255 e. The Bertz CT molecular complexity index is 1660. The molecule has 0 radical (unpaired) electrons. The minimum Gasteiger partial charge on any atom is -0.306 e. The lowest BCUT2D eigenvalue weighted by molar-refractivity contribution is -0.121. The minimum absolute atomic E-state index is 0.125. The van der Waals surface area contributed by atoms with Gasteiger partial charge in [0.1, 0.15) is 11.9 Å². The molecule has 2 atom stereocenters. The van der Waals surface area contributed by atoms with Crippen molar-refractivity contribution in [2.45, 2.75) is 29.3 Å². The van der Waals surface area contributed by atoms with E-state index in [4.69, 9.17) is 11.6 Å². The lowest BCUT2D eigenvalue weighted by Crippen LogP contribution is -2.56. The normalized spacial score (nSPS) is 17.6. The number of nitrogens with one attached hydrogen (secondary N) is 1. The molecule has 0 saturated heterocycles. The molecule has 4 aromatic rings. The molecular formula is C30H24ClFN2O4S. The van der Waals surface area contributed by atoms with Gasteiger partial charge in [0.25, 0.3) is 5.91 Å². The van der Waals surface area contributed by atoms with Crippen molar-refractivity contribution in [3.05, 3.63) is 131 Å². The average Bonchev–Trinajstić information content (AvgIpc) is 3.15. The third-order valence-electron chi connectivity index (χ3n) is 6.73. The molecule has 1 heterocycles. The van der Waals surface area contributed by atoms with Crippen LogP contribution in [-0.2, 0) is 26.2 Å². The van der Waals surface area contributed by atoms with Gasteiger partial charge in [0, 0.05) is 11.3 Å². The zero-order valence-electron chi connectivity index (χ0n) is 20.8. The summed E-state index contributed by atoms with van der Waals surface area (Å²) in [6.45, 7) is 1.94. The van der Waals surface area contributed by atoms with Crippen molar-refractivity contribution in [1.82, 2.24) is 4.72 Å². The number of benzene rings is 4. The van der Waals surface area contributed by atoms with E-state index in [0.29, 0.717) is 5.69 Å². The third kappa shape index (κ3) is 4.87. The van der Waals surface area contributed by atoms with Crippen LogP contribution in [0.2, 0.25) is 0 Å². The molecule has 1 N–H and O–H groups in total. The highest BCUT2D eigenvalue weighted by Crippen LogP contribution is 2.48. The summed E-state index contributed by atoms with van der Waals surface area (Å²) in [5.74, 6) is -2.53. The first-order valence-corrected chi connectivity index (χ1v) is 14.0. The van der Waals surface area contributed by atoms with Crippen LogP contribution in [0, 0.1) is 12.7 Å². The second-order valence-electron chi connectivity index (χ2n) is 9.32. The van der Waals surface area contributed by atoms with Crippen LogP contribution in [0.1, 0.15) is 27.0 Å². The maximum absolute atomic E-state index is 14.8. The van der Waals surface area contributed by atoms with Gasteiger partial charge in [-0.15, -0.1) is 11.6 Å². The van der Waals surface area contributed by atoms with Crippen molar-refractivity contribution >= 4 is 39.0 Å². The number of para-hydroxylation sites is 1. The topological polar surface area (TPSA) is 83.5 Å². The summed E-state index contributed by atoms with van der Waals surface area (Å²) in [6, 6.07) is 25.1. The fraction of sp³-hybridized carbons (Fsp3) is 0.133. The Kier molecular flexibility index (Phi) is 7.11. The van der Waals surface area contributed by atoms with Crippen LogP contribution >= 0.6 is 11.6 Å². The van der Waals surface area contributed by atoms with Gasteiger partial charge in [-0.25, -0.2) is 12.8 Å². The number of Topliss-reactive ketones (excluding diaryl/α,β-unsaturated/α-hetero) is 1. The lowest BCUT2D eigenvalue weighted by atomic mass is 9.87. The summed E-state index contributed by atoms with van der Waals surface area (Å²) in [4.78, 5) is 27.1. The molecule has 0 spiro atoms. The summed E-state index contributed by atoms with van der Waals surface area (Å²) in [6.07, 6.45) is 0. The predicted molar refractivity (Wildman–Crippen MR) is 148 cm³/mol.